The molecule has 0 amide bonds. The summed E-state index contributed by atoms with van der Waals surface area (Å²) in [6.45, 7) is 3.35. The third-order valence-electron chi connectivity index (χ3n) is 5.28. The first kappa shape index (κ1) is 17.9. The van der Waals surface area contributed by atoms with Crippen LogP contribution in [0.25, 0.3) is 22.4 Å². The smallest absolute Gasteiger partial charge is 0.253 e. The van der Waals surface area contributed by atoms with E-state index < -0.39 is 0 Å². The van der Waals surface area contributed by atoms with Crippen LogP contribution in [0.3, 0.4) is 0 Å². The van der Waals surface area contributed by atoms with Crippen LogP contribution in [0.2, 0.25) is 0 Å². The number of fused-ring (bicyclic) bond motifs is 1. The number of nitrogens with zero attached hydrogens (tertiary/aromatic N) is 3. The summed E-state index contributed by atoms with van der Waals surface area (Å²) in [5.74, 6) is 0.827. The molecular formula is C21H25N3O3. The minimum Gasteiger partial charge on any atom is -0.392 e. The molecule has 1 unspecified atom stereocenters. The molecule has 2 aromatic heterocycles. The molecular weight excluding hydrogens is 342 g/mol. The number of aromatic nitrogens is 3. The molecule has 1 fully saturated rings. The average Bonchev–Trinajstić information content (AvgIpc) is 3.04. The van der Waals surface area contributed by atoms with Crippen molar-refractivity contribution in [1.82, 2.24) is 14.1 Å². The van der Waals surface area contributed by atoms with Gasteiger partial charge in [-0.15, -0.1) is 0 Å². The summed E-state index contributed by atoms with van der Waals surface area (Å²) in [5, 5.41) is 9.46. The first-order chi connectivity index (χ1) is 13.1. The second-order valence-corrected chi connectivity index (χ2v) is 7.34. The van der Waals surface area contributed by atoms with E-state index in [9.17, 15) is 9.90 Å². The minimum atomic E-state index is -0.0111. The van der Waals surface area contributed by atoms with Gasteiger partial charge >= 0.3 is 0 Å². The number of hydrogen-bond acceptors (Lipinski definition) is 4. The molecule has 4 rings (SSSR count). The van der Waals surface area contributed by atoms with Crippen molar-refractivity contribution in [3.05, 3.63) is 51.9 Å². The molecule has 1 atom stereocenters. The summed E-state index contributed by atoms with van der Waals surface area (Å²) >= 11 is 0. The molecule has 0 saturated carbocycles. The Kier molecular flexibility index (Phi) is 4.85. The van der Waals surface area contributed by atoms with Crippen LogP contribution in [-0.2, 0) is 24.9 Å². The maximum atomic E-state index is 12.1. The molecule has 1 aliphatic heterocycles. The number of hydrogen-bond donors (Lipinski definition) is 1. The lowest BCUT2D eigenvalue weighted by Gasteiger charge is -2.24. The second-order valence-electron chi connectivity index (χ2n) is 7.34. The summed E-state index contributed by atoms with van der Waals surface area (Å²) in [5.41, 5.74) is 4.30. The molecule has 0 aliphatic carbocycles. The van der Waals surface area contributed by atoms with E-state index in [1.807, 2.05) is 37.4 Å². The fraction of sp³-hybridized carbons (Fsp3) is 0.429. The molecule has 6 nitrogen and oxygen atoms in total. The number of pyridine rings is 1. The Balaban J connectivity index is 1.87. The molecule has 0 radical (unpaired) electrons. The molecule has 27 heavy (non-hydrogen) atoms. The van der Waals surface area contributed by atoms with Gasteiger partial charge in [0, 0.05) is 31.0 Å². The predicted octanol–water partition coefficient (Wildman–Crippen LogP) is 2.77. The molecule has 1 N–H and O–H groups in total. The molecule has 6 heteroatoms. The summed E-state index contributed by atoms with van der Waals surface area (Å²) in [6.07, 6.45) is 5.34. The monoisotopic (exact) mass is 367 g/mol. The normalized spacial score (nSPS) is 17.5. The molecule has 3 aromatic rings. The molecule has 142 valence electrons. The third kappa shape index (κ3) is 3.42. The van der Waals surface area contributed by atoms with Crippen molar-refractivity contribution in [1.29, 1.82) is 0 Å². The molecule has 0 spiro atoms. The van der Waals surface area contributed by atoms with Crippen LogP contribution in [0.4, 0.5) is 0 Å². The maximum absolute atomic E-state index is 12.1. The van der Waals surface area contributed by atoms with E-state index in [1.54, 1.807) is 11.6 Å². The number of rotatable bonds is 4. The number of aliphatic hydroxyl groups is 1. The first-order valence-electron chi connectivity index (χ1n) is 9.46. The van der Waals surface area contributed by atoms with E-state index in [2.05, 4.69) is 4.57 Å². The van der Waals surface area contributed by atoms with E-state index >= 15 is 0 Å². The topological polar surface area (TPSA) is 69.3 Å². The number of imidazole rings is 1. The van der Waals surface area contributed by atoms with E-state index in [1.165, 1.54) is 6.42 Å². The van der Waals surface area contributed by atoms with Gasteiger partial charge in [-0.1, -0.05) is 6.07 Å². The van der Waals surface area contributed by atoms with Crippen LogP contribution in [-0.4, -0.2) is 31.9 Å². The summed E-state index contributed by atoms with van der Waals surface area (Å²) in [7, 11) is 1.76. The van der Waals surface area contributed by atoms with Crippen LogP contribution in [0.1, 0.15) is 30.4 Å². The van der Waals surface area contributed by atoms with Gasteiger partial charge in [0.25, 0.3) is 5.56 Å². The van der Waals surface area contributed by atoms with Crippen LogP contribution < -0.4 is 5.56 Å². The van der Waals surface area contributed by atoms with Crippen LogP contribution in [0.5, 0.6) is 0 Å². The molecule has 1 saturated heterocycles. The number of aliphatic hydroxyl groups excluding tert-OH is 1. The second kappa shape index (κ2) is 7.29. The number of ether oxygens (including phenoxy) is 1. The quantitative estimate of drug-likeness (QED) is 0.770. The van der Waals surface area contributed by atoms with Crippen molar-refractivity contribution in [3.63, 3.8) is 0 Å². The highest BCUT2D eigenvalue weighted by Gasteiger charge is 2.20. The van der Waals surface area contributed by atoms with Gasteiger partial charge in [0.2, 0.25) is 0 Å². The fourth-order valence-corrected chi connectivity index (χ4v) is 3.83. The van der Waals surface area contributed by atoms with Crippen LogP contribution >= 0.6 is 0 Å². The van der Waals surface area contributed by atoms with E-state index in [4.69, 9.17) is 9.72 Å². The maximum Gasteiger partial charge on any atom is 0.253 e. The Morgan fingerprint density at radius 3 is 2.85 bits per heavy atom. The zero-order chi connectivity index (χ0) is 19.0. The van der Waals surface area contributed by atoms with E-state index in [-0.39, 0.29) is 18.3 Å². The highest BCUT2D eigenvalue weighted by Crippen LogP contribution is 2.27. The van der Waals surface area contributed by atoms with E-state index in [0.29, 0.717) is 5.56 Å². The molecule has 3 heterocycles. The lowest BCUT2D eigenvalue weighted by molar-refractivity contribution is 0.00686. The Hall–Kier alpha value is -2.44. The first-order valence-corrected chi connectivity index (χ1v) is 9.46. The van der Waals surface area contributed by atoms with Crippen molar-refractivity contribution < 1.29 is 9.84 Å². The van der Waals surface area contributed by atoms with Gasteiger partial charge in [-0.3, -0.25) is 4.79 Å². The van der Waals surface area contributed by atoms with Crippen LogP contribution in [0, 0.1) is 6.92 Å². The van der Waals surface area contributed by atoms with Gasteiger partial charge in [-0.25, -0.2) is 4.98 Å². The van der Waals surface area contributed by atoms with Crippen molar-refractivity contribution in [2.45, 2.75) is 45.4 Å². The average molecular weight is 367 g/mol. The fourth-order valence-electron chi connectivity index (χ4n) is 3.83. The summed E-state index contributed by atoms with van der Waals surface area (Å²) < 4.78 is 9.75. The lowest BCUT2D eigenvalue weighted by atomic mass is 10.1. The van der Waals surface area contributed by atoms with Gasteiger partial charge in [-0.05, 0) is 49.9 Å². The Morgan fingerprint density at radius 2 is 2.15 bits per heavy atom. The predicted molar refractivity (Wildman–Crippen MR) is 105 cm³/mol. The number of aryl methyl sites for hydroxylation is 2. The summed E-state index contributed by atoms with van der Waals surface area (Å²) in [4.78, 5) is 16.9. The lowest BCUT2D eigenvalue weighted by Crippen LogP contribution is -2.25. The van der Waals surface area contributed by atoms with Crippen molar-refractivity contribution >= 4 is 11.0 Å². The Bertz CT molecular complexity index is 1000. The van der Waals surface area contributed by atoms with Gasteiger partial charge in [0.15, 0.2) is 0 Å². The third-order valence-corrected chi connectivity index (χ3v) is 5.28. The largest absolute Gasteiger partial charge is 0.392 e. The number of benzene rings is 1. The molecule has 1 aromatic carbocycles. The van der Waals surface area contributed by atoms with Gasteiger partial charge in [0.05, 0.1) is 30.3 Å². The van der Waals surface area contributed by atoms with Gasteiger partial charge in [-0.2, -0.15) is 0 Å². The SMILES string of the molecule is Cc1cc(-c2nc3cc(CO)ccc3n2CC2CCCCO2)cn(C)c1=O. The van der Waals surface area contributed by atoms with Crippen LogP contribution in [0.15, 0.2) is 35.3 Å². The Morgan fingerprint density at radius 1 is 1.30 bits per heavy atom. The Labute approximate surface area is 158 Å². The highest BCUT2D eigenvalue weighted by molar-refractivity contribution is 5.81. The highest BCUT2D eigenvalue weighted by atomic mass is 16.5. The van der Waals surface area contributed by atoms with E-state index in [0.717, 1.165) is 54.0 Å². The molecule has 1 aliphatic rings. The van der Waals surface area contributed by atoms with Gasteiger partial charge in [0.1, 0.15) is 5.82 Å². The van der Waals surface area contributed by atoms with Crippen molar-refractivity contribution in [2.24, 2.45) is 7.05 Å². The standard InChI is InChI=1S/C21H25N3O3/c1-14-9-16(11-23(2)21(14)26)20-22-18-10-15(13-25)6-7-19(18)24(20)12-17-5-3-4-8-27-17/h6-7,9-11,17,25H,3-5,8,12-13H2,1-2H3. The summed E-state index contributed by atoms with van der Waals surface area (Å²) in [6, 6.07) is 7.76. The van der Waals surface area contributed by atoms with Crippen molar-refractivity contribution in [3.8, 4) is 11.4 Å². The molecule has 0 bridgehead atoms. The zero-order valence-electron chi connectivity index (χ0n) is 15.8. The van der Waals surface area contributed by atoms with Gasteiger partial charge < -0.3 is 19.0 Å². The zero-order valence-corrected chi connectivity index (χ0v) is 15.8. The van der Waals surface area contributed by atoms with Crippen molar-refractivity contribution in [2.75, 3.05) is 6.61 Å². The minimum absolute atomic E-state index is 0.000378.